The Kier molecular flexibility index (Phi) is 5.79. The fraction of sp³-hybridized carbons (Fsp3) is 0.118. The molecule has 0 fully saturated rings. The van der Waals surface area contributed by atoms with Crippen molar-refractivity contribution in [3.05, 3.63) is 56.5 Å². The molecule has 0 aliphatic rings. The number of halogens is 3. The maximum Gasteiger partial charge on any atom is 0.162 e. The van der Waals surface area contributed by atoms with Gasteiger partial charge in [-0.15, -0.1) is 0 Å². The van der Waals surface area contributed by atoms with Crippen LogP contribution in [0.25, 0.3) is 11.6 Å². The summed E-state index contributed by atoms with van der Waals surface area (Å²) in [5, 5.41) is 10.7. The summed E-state index contributed by atoms with van der Waals surface area (Å²) < 4.78 is 10.4. The van der Waals surface area contributed by atoms with Crippen LogP contribution in [0.1, 0.15) is 11.1 Å². The van der Waals surface area contributed by atoms with Crippen molar-refractivity contribution in [3.63, 3.8) is 0 Å². The zero-order valence-electron chi connectivity index (χ0n) is 12.4. The number of nitriles is 1. The molecule has 2 rings (SSSR count). The topological polar surface area (TPSA) is 42.2 Å². The van der Waals surface area contributed by atoms with Gasteiger partial charge >= 0.3 is 0 Å². The number of benzene rings is 2. The van der Waals surface area contributed by atoms with E-state index in [1.165, 1.54) is 14.2 Å². The predicted octanol–water partition coefficient (Wildman–Crippen LogP) is 5.73. The Morgan fingerprint density at radius 1 is 0.957 bits per heavy atom. The van der Waals surface area contributed by atoms with E-state index < -0.39 is 0 Å². The summed E-state index contributed by atoms with van der Waals surface area (Å²) in [6.07, 6.45) is 1.66. The average molecular weight is 369 g/mol. The van der Waals surface area contributed by atoms with Crippen molar-refractivity contribution < 1.29 is 9.47 Å². The van der Waals surface area contributed by atoms with E-state index in [0.717, 1.165) is 0 Å². The highest BCUT2D eigenvalue weighted by molar-refractivity contribution is 6.42. The number of methoxy groups -OCH3 is 2. The lowest BCUT2D eigenvalue weighted by Crippen LogP contribution is -1.92. The first-order valence-electron chi connectivity index (χ1n) is 6.49. The Morgan fingerprint density at radius 3 is 2.17 bits per heavy atom. The summed E-state index contributed by atoms with van der Waals surface area (Å²) in [6.45, 7) is 0. The van der Waals surface area contributed by atoms with Crippen molar-refractivity contribution in [2.75, 3.05) is 14.2 Å². The van der Waals surface area contributed by atoms with Crippen LogP contribution in [0.3, 0.4) is 0 Å². The molecule has 0 N–H and O–H groups in total. The zero-order valence-corrected chi connectivity index (χ0v) is 14.6. The summed E-state index contributed by atoms with van der Waals surface area (Å²) in [7, 11) is 3.06. The normalized spacial score (nSPS) is 11.0. The van der Waals surface area contributed by atoms with Gasteiger partial charge in [-0.25, -0.2) is 0 Å². The van der Waals surface area contributed by atoms with Gasteiger partial charge < -0.3 is 9.47 Å². The Morgan fingerprint density at radius 2 is 1.61 bits per heavy atom. The van der Waals surface area contributed by atoms with E-state index in [9.17, 15) is 5.26 Å². The van der Waals surface area contributed by atoms with Crippen LogP contribution in [0.4, 0.5) is 0 Å². The monoisotopic (exact) mass is 367 g/mol. The number of nitrogens with zero attached hydrogens (tertiary/aromatic N) is 1. The molecule has 118 valence electrons. The lowest BCUT2D eigenvalue weighted by molar-refractivity contribution is 0.355. The summed E-state index contributed by atoms with van der Waals surface area (Å²) >= 11 is 18.2. The molecule has 0 bridgehead atoms. The summed E-state index contributed by atoms with van der Waals surface area (Å²) in [4.78, 5) is 0. The van der Waals surface area contributed by atoms with Crippen LogP contribution >= 0.6 is 34.8 Å². The Balaban J connectivity index is 2.54. The molecule has 0 aliphatic heterocycles. The molecule has 6 heteroatoms. The van der Waals surface area contributed by atoms with E-state index in [-0.39, 0.29) is 0 Å². The van der Waals surface area contributed by atoms with E-state index in [0.29, 0.717) is 43.3 Å². The number of hydrogen-bond donors (Lipinski definition) is 0. The van der Waals surface area contributed by atoms with Gasteiger partial charge in [0.25, 0.3) is 0 Å². The van der Waals surface area contributed by atoms with Crippen molar-refractivity contribution in [1.29, 1.82) is 5.26 Å². The van der Waals surface area contributed by atoms with E-state index in [4.69, 9.17) is 44.3 Å². The largest absolute Gasteiger partial charge is 0.493 e. The second-order valence-corrected chi connectivity index (χ2v) is 5.75. The van der Waals surface area contributed by atoms with Crippen molar-refractivity contribution in [2.24, 2.45) is 0 Å². The highest BCUT2D eigenvalue weighted by Gasteiger charge is 2.11. The van der Waals surface area contributed by atoms with Gasteiger partial charge in [-0.05, 0) is 35.4 Å². The van der Waals surface area contributed by atoms with E-state index >= 15 is 0 Å². The second-order valence-electron chi connectivity index (χ2n) is 4.53. The van der Waals surface area contributed by atoms with E-state index in [1.54, 1.807) is 36.4 Å². The van der Waals surface area contributed by atoms with Crippen LogP contribution < -0.4 is 9.47 Å². The first kappa shape index (κ1) is 17.5. The van der Waals surface area contributed by atoms with Crippen LogP contribution in [0.2, 0.25) is 15.1 Å². The molecule has 23 heavy (non-hydrogen) atoms. The van der Waals surface area contributed by atoms with Gasteiger partial charge in [-0.3, -0.25) is 0 Å². The summed E-state index contributed by atoms with van der Waals surface area (Å²) in [6, 6.07) is 10.5. The fourth-order valence-electron chi connectivity index (χ4n) is 1.98. The molecule has 0 aromatic heterocycles. The third kappa shape index (κ3) is 3.92. The molecule has 0 saturated heterocycles. The highest BCUT2D eigenvalue weighted by atomic mass is 35.5. The van der Waals surface area contributed by atoms with Crippen LogP contribution in [-0.2, 0) is 0 Å². The average Bonchev–Trinajstić information content (AvgIpc) is 2.56. The predicted molar refractivity (Wildman–Crippen MR) is 94.5 cm³/mol. The van der Waals surface area contributed by atoms with Gasteiger partial charge in [0.05, 0.1) is 40.9 Å². The first-order chi connectivity index (χ1) is 11.0. The van der Waals surface area contributed by atoms with Crippen LogP contribution in [-0.4, -0.2) is 14.2 Å². The summed E-state index contributed by atoms with van der Waals surface area (Å²) in [5.41, 5.74) is 1.68. The number of allylic oxidation sites excluding steroid dienone is 1. The molecule has 0 heterocycles. The maximum absolute atomic E-state index is 9.43. The Bertz CT molecular complexity index is 810. The molecule has 2 aromatic rings. The molecule has 0 saturated carbocycles. The standard InChI is InChI=1S/C17H12Cl3NO2/c1-22-16-7-11(14(19)8-17(16)23-2)5-12(9-21)10-3-4-13(18)15(20)6-10/h3-8H,1-2H3/b12-5+. The summed E-state index contributed by atoms with van der Waals surface area (Å²) in [5.74, 6) is 1.04. The van der Waals surface area contributed by atoms with E-state index in [2.05, 4.69) is 6.07 Å². The smallest absolute Gasteiger partial charge is 0.162 e. The minimum Gasteiger partial charge on any atom is -0.493 e. The molecule has 0 spiro atoms. The Labute approximate surface area is 149 Å². The minimum absolute atomic E-state index is 0.378. The fourth-order valence-corrected chi connectivity index (χ4v) is 2.49. The molecule has 3 nitrogen and oxygen atoms in total. The molecule has 2 aromatic carbocycles. The van der Waals surface area contributed by atoms with Crippen molar-refractivity contribution >= 4 is 46.5 Å². The quantitative estimate of drug-likeness (QED) is 0.511. The van der Waals surface area contributed by atoms with Crippen molar-refractivity contribution in [3.8, 4) is 17.6 Å². The molecule has 0 amide bonds. The van der Waals surface area contributed by atoms with Gasteiger partial charge in [0, 0.05) is 6.07 Å². The lowest BCUT2D eigenvalue weighted by atomic mass is 10.0. The zero-order chi connectivity index (χ0) is 17.0. The van der Waals surface area contributed by atoms with Crippen molar-refractivity contribution in [1.82, 2.24) is 0 Å². The van der Waals surface area contributed by atoms with Gasteiger partial charge in [0.1, 0.15) is 0 Å². The van der Waals surface area contributed by atoms with Crippen LogP contribution in [0.15, 0.2) is 30.3 Å². The molecule has 0 atom stereocenters. The van der Waals surface area contributed by atoms with Gasteiger partial charge in [-0.1, -0.05) is 40.9 Å². The molecular weight excluding hydrogens is 357 g/mol. The first-order valence-corrected chi connectivity index (χ1v) is 7.62. The highest BCUT2D eigenvalue weighted by Crippen LogP contribution is 2.35. The maximum atomic E-state index is 9.43. The number of rotatable bonds is 4. The van der Waals surface area contributed by atoms with Gasteiger partial charge in [0.2, 0.25) is 0 Å². The molecule has 0 aliphatic carbocycles. The van der Waals surface area contributed by atoms with Gasteiger partial charge in [0.15, 0.2) is 11.5 Å². The van der Waals surface area contributed by atoms with Crippen molar-refractivity contribution in [2.45, 2.75) is 0 Å². The lowest BCUT2D eigenvalue weighted by Gasteiger charge is -2.10. The van der Waals surface area contributed by atoms with Crippen LogP contribution in [0.5, 0.6) is 11.5 Å². The van der Waals surface area contributed by atoms with Crippen LogP contribution in [0, 0.1) is 11.3 Å². The van der Waals surface area contributed by atoms with Gasteiger partial charge in [-0.2, -0.15) is 5.26 Å². The number of ether oxygens (including phenoxy) is 2. The van der Waals surface area contributed by atoms with E-state index in [1.807, 2.05) is 0 Å². The minimum atomic E-state index is 0.378. The second kappa shape index (κ2) is 7.61. The SMILES string of the molecule is COc1cc(Cl)c(/C=C(\C#N)c2ccc(Cl)c(Cl)c2)cc1OC. The number of hydrogen-bond acceptors (Lipinski definition) is 3. The molecular formula is C17H12Cl3NO2. The third-order valence-corrected chi connectivity index (χ3v) is 4.22. The Hall–Kier alpha value is -1.86. The molecule has 0 radical (unpaired) electrons. The molecule has 0 unspecified atom stereocenters. The third-order valence-electron chi connectivity index (χ3n) is 3.15.